The minimum Gasteiger partial charge on any atom is -0.370 e. The molecule has 2 rings (SSSR count). The molecule has 0 unspecified atom stereocenters. The number of H-pyrrole nitrogens is 1. The second-order valence-electron chi connectivity index (χ2n) is 4.21. The monoisotopic (exact) mass is 275 g/mol. The molecule has 7 nitrogen and oxygen atoms in total. The fraction of sp³-hybridized carbons (Fsp3) is 0.308. The molecule has 0 radical (unpaired) electrons. The number of nitrogens with zero attached hydrogens (tertiary/aromatic N) is 2. The highest BCUT2D eigenvalue weighted by atomic mass is 16.5. The average Bonchev–Trinajstić information content (AvgIpc) is 2.86. The van der Waals surface area contributed by atoms with Gasteiger partial charge in [0.2, 0.25) is 5.91 Å². The standard InChI is InChI=1S/C13H17N5O2/c1-9-15-13(18-17-9)10-3-2-4-11(7-10)16-12(19)8-20-6-5-14/h2-4,7H,5-6,8,14H2,1H3,(H,16,19)(H,15,17,18). The molecule has 1 aromatic carbocycles. The van der Waals surface area contributed by atoms with Gasteiger partial charge in [-0.3, -0.25) is 9.89 Å². The van der Waals surface area contributed by atoms with E-state index in [-0.39, 0.29) is 12.5 Å². The van der Waals surface area contributed by atoms with Crippen LogP contribution in [0.15, 0.2) is 24.3 Å². The van der Waals surface area contributed by atoms with Crippen LogP contribution >= 0.6 is 0 Å². The number of ether oxygens (including phenoxy) is 1. The first-order chi connectivity index (χ1) is 9.69. The van der Waals surface area contributed by atoms with Gasteiger partial charge in [0, 0.05) is 17.8 Å². The molecule has 1 aromatic heterocycles. The highest BCUT2D eigenvalue weighted by Crippen LogP contribution is 2.19. The molecule has 2 aromatic rings. The smallest absolute Gasteiger partial charge is 0.250 e. The largest absolute Gasteiger partial charge is 0.370 e. The summed E-state index contributed by atoms with van der Waals surface area (Å²) in [5, 5.41) is 9.61. The van der Waals surface area contributed by atoms with Crippen LogP contribution in [0.4, 0.5) is 5.69 Å². The molecule has 20 heavy (non-hydrogen) atoms. The Morgan fingerprint density at radius 2 is 2.35 bits per heavy atom. The zero-order valence-electron chi connectivity index (χ0n) is 11.2. The van der Waals surface area contributed by atoms with Gasteiger partial charge < -0.3 is 15.8 Å². The maximum absolute atomic E-state index is 11.6. The molecule has 0 aliphatic carbocycles. The molecule has 0 fully saturated rings. The van der Waals surface area contributed by atoms with Crippen LogP contribution in [0.2, 0.25) is 0 Å². The number of hydrogen-bond donors (Lipinski definition) is 3. The zero-order chi connectivity index (χ0) is 14.4. The molecular weight excluding hydrogens is 258 g/mol. The summed E-state index contributed by atoms with van der Waals surface area (Å²) in [7, 11) is 0. The predicted molar refractivity (Wildman–Crippen MR) is 75.1 cm³/mol. The van der Waals surface area contributed by atoms with Crippen molar-refractivity contribution in [2.24, 2.45) is 5.73 Å². The number of benzene rings is 1. The van der Waals surface area contributed by atoms with Gasteiger partial charge in [0.25, 0.3) is 0 Å². The summed E-state index contributed by atoms with van der Waals surface area (Å²) in [6.07, 6.45) is 0. The van der Waals surface area contributed by atoms with Crippen LogP contribution in [-0.4, -0.2) is 40.8 Å². The molecule has 106 valence electrons. The summed E-state index contributed by atoms with van der Waals surface area (Å²) in [6.45, 7) is 2.58. The van der Waals surface area contributed by atoms with Crippen LogP contribution in [0.1, 0.15) is 5.82 Å². The van der Waals surface area contributed by atoms with Gasteiger partial charge in [0.1, 0.15) is 12.4 Å². The summed E-state index contributed by atoms with van der Waals surface area (Å²) in [4.78, 5) is 15.9. The van der Waals surface area contributed by atoms with E-state index in [9.17, 15) is 4.79 Å². The van der Waals surface area contributed by atoms with Crippen molar-refractivity contribution in [3.05, 3.63) is 30.1 Å². The van der Waals surface area contributed by atoms with Crippen molar-refractivity contribution in [2.45, 2.75) is 6.92 Å². The van der Waals surface area contributed by atoms with E-state index in [1.807, 2.05) is 25.1 Å². The number of amides is 1. The quantitative estimate of drug-likeness (QED) is 0.673. The lowest BCUT2D eigenvalue weighted by Crippen LogP contribution is -2.20. The maximum Gasteiger partial charge on any atom is 0.250 e. The molecule has 1 amide bonds. The number of rotatable bonds is 6. The average molecular weight is 275 g/mol. The maximum atomic E-state index is 11.6. The fourth-order valence-corrected chi connectivity index (χ4v) is 1.65. The first-order valence-corrected chi connectivity index (χ1v) is 6.26. The SMILES string of the molecule is Cc1nc(-c2cccc(NC(=O)COCCN)c2)n[nH]1. The van der Waals surface area contributed by atoms with Gasteiger partial charge >= 0.3 is 0 Å². The summed E-state index contributed by atoms with van der Waals surface area (Å²) in [6, 6.07) is 7.31. The van der Waals surface area contributed by atoms with Crippen LogP contribution in [-0.2, 0) is 9.53 Å². The van der Waals surface area contributed by atoms with Crippen molar-refractivity contribution in [1.29, 1.82) is 0 Å². The number of hydrogen-bond acceptors (Lipinski definition) is 5. The third kappa shape index (κ3) is 3.87. The van der Waals surface area contributed by atoms with Crippen molar-refractivity contribution < 1.29 is 9.53 Å². The van der Waals surface area contributed by atoms with Gasteiger partial charge in [-0.1, -0.05) is 12.1 Å². The van der Waals surface area contributed by atoms with Gasteiger partial charge in [-0.15, -0.1) is 0 Å². The van der Waals surface area contributed by atoms with Crippen molar-refractivity contribution >= 4 is 11.6 Å². The van der Waals surface area contributed by atoms with Crippen LogP contribution < -0.4 is 11.1 Å². The van der Waals surface area contributed by atoms with Crippen molar-refractivity contribution in [2.75, 3.05) is 25.1 Å². The van der Waals surface area contributed by atoms with Crippen LogP contribution in [0.25, 0.3) is 11.4 Å². The molecule has 0 bridgehead atoms. The van der Waals surface area contributed by atoms with E-state index in [0.29, 0.717) is 24.7 Å². The number of aromatic nitrogens is 3. The summed E-state index contributed by atoms with van der Waals surface area (Å²) in [5.74, 6) is 1.12. The summed E-state index contributed by atoms with van der Waals surface area (Å²) in [5.41, 5.74) is 6.78. The molecule has 0 aliphatic heterocycles. The van der Waals surface area contributed by atoms with Gasteiger partial charge in [0.05, 0.1) is 6.61 Å². The highest BCUT2D eigenvalue weighted by Gasteiger charge is 2.06. The lowest BCUT2D eigenvalue weighted by Gasteiger charge is -2.06. The second-order valence-corrected chi connectivity index (χ2v) is 4.21. The molecular formula is C13H17N5O2. The lowest BCUT2D eigenvalue weighted by atomic mass is 10.2. The van der Waals surface area contributed by atoms with Gasteiger partial charge in [0.15, 0.2) is 5.82 Å². The normalized spacial score (nSPS) is 10.5. The summed E-state index contributed by atoms with van der Waals surface area (Å²) < 4.78 is 5.07. The first-order valence-electron chi connectivity index (χ1n) is 6.26. The van der Waals surface area contributed by atoms with Crippen molar-refractivity contribution in [3.8, 4) is 11.4 Å². The summed E-state index contributed by atoms with van der Waals surface area (Å²) >= 11 is 0. The van der Waals surface area contributed by atoms with Gasteiger partial charge in [-0.05, 0) is 19.1 Å². The Hall–Kier alpha value is -2.25. The number of aromatic amines is 1. The molecule has 0 saturated carbocycles. The molecule has 0 spiro atoms. The van der Waals surface area contributed by atoms with Gasteiger partial charge in [-0.25, -0.2) is 4.98 Å². The second kappa shape index (κ2) is 6.78. The Balaban J connectivity index is 2.01. The molecule has 4 N–H and O–H groups in total. The van der Waals surface area contributed by atoms with E-state index in [1.165, 1.54) is 0 Å². The van der Waals surface area contributed by atoms with Crippen LogP contribution in [0.3, 0.4) is 0 Å². The molecule has 0 atom stereocenters. The van der Waals surface area contributed by atoms with E-state index in [0.717, 1.165) is 11.4 Å². The Labute approximate surface area is 116 Å². The molecule has 7 heteroatoms. The Bertz CT molecular complexity index is 582. The van der Waals surface area contributed by atoms with E-state index in [1.54, 1.807) is 6.07 Å². The number of nitrogens with one attached hydrogen (secondary N) is 2. The minimum absolute atomic E-state index is 0.0127. The number of carbonyl (C=O) groups is 1. The highest BCUT2D eigenvalue weighted by molar-refractivity contribution is 5.92. The van der Waals surface area contributed by atoms with Crippen molar-refractivity contribution in [3.63, 3.8) is 0 Å². The fourth-order valence-electron chi connectivity index (χ4n) is 1.65. The van der Waals surface area contributed by atoms with E-state index in [2.05, 4.69) is 20.5 Å². The third-order valence-corrected chi connectivity index (χ3v) is 2.50. The number of nitrogens with two attached hydrogens (primary N) is 1. The van der Waals surface area contributed by atoms with Crippen LogP contribution in [0.5, 0.6) is 0 Å². The van der Waals surface area contributed by atoms with Gasteiger partial charge in [-0.2, -0.15) is 5.10 Å². The minimum atomic E-state index is -0.221. The zero-order valence-corrected chi connectivity index (χ0v) is 11.2. The third-order valence-electron chi connectivity index (χ3n) is 2.50. The lowest BCUT2D eigenvalue weighted by molar-refractivity contribution is -0.120. The van der Waals surface area contributed by atoms with E-state index < -0.39 is 0 Å². The van der Waals surface area contributed by atoms with Crippen LogP contribution in [0, 0.1) is 6.92 Å². The number of carbonyl (C=O) groups excluding carboxylic acids is 1. The molecule has 0 aliphatic rings. The Kier molecular flexibility index (Phi) is 4.80. The van der Waals surface area contributed by atoms with E-state index >= 15 is 0 Å². The van der Waals surface area contributed by atoms with Crippen molar-refractivity contribution in [1.82, 2.24) is 15.2 Å². The predicted octanol–water partition coefficient (Wildman–Crippen LogP) is 0.694. The number of anilines is 1. The number of aryl methyl sites for hydroxylation is 1. The molecule has 0 saturated heterocycles. The Morgan fingerprint density at radius 3 is 3.05 bits per heavy atom. The molecule has 1 heterocycles. The van der Waals surface area contributed by atoms with E-state index in [4.69, 9.17) is 10.5 Å². The topological polar surface area (TPSA) is 106 Å². The Morgan fingerprint density at radius 1 is 1.50 bits per heavy atom. The first kappa shape index (κ1) is 14.2.